The zero-order chi connectivity index (χ0) is 6.69. The van der Waals surface area contributed by atoms with Crippen molar-refractivity contribution in [3.63, 3.8) is 0 Å². The molecule has 1 N–H and O–H groups in total. The van der Waals surface area contributed by atoms with Gasteiger partial charge in [0.05, 0.1) is 6.20 Å². The van der Waals surface area contributed by atoms with Crippen LogP contribution in [0.15, 0.2) is 6.20 Å². The lowest BCUT2D eigenvalue weighted by Crippen LogP contribution is -1.88. The third-order valence-electron chi connectivity index (χ3n) is 0.878. The number of nitrogens with zero attached hydrogens (tertiary/aromatic N) is 1. The largest absolute Gasteiger partial charge is 0.377 e. The molecule has 0 bridgehead atoms. The lowest BCUT2D eigenvalue weighted by molar-refractivity contribution is 0.178. The van der Waals surface area contributed by atoms with Gasteiger partial charge in [-0.1, -0.05) is 11.6 Å². The minimum Gasteiger partial charge on any atom is -0.377 e. The Morgan fingerprint density at radius 3 is 3.11 bits per heavy atom. The molecule has 0 saturated carbocycles. The summed E-state index contributed by atoms with van der Waals surface area (Å²) >= 11 is 5.52. The van der Waals surface area contributed by atoms with E-state index in [1.807, 2.05) is 0 Å². The standard InChI is InChI=1S/C5H7ClN2O/c1-9-3-5-7-2-4(6)8-5/h2H,3H2,1H3,(H,7,8). The van der Waals surface area contributed by atoms with Gasteiger partial charge in [0.15, 0.2) is 0 Å². The van der Waals surface area contributed by atoms with Gasteiger partial charge in [-0.15, -0.1) is 0 Å². The quantitative estimate of drug-likeness (QED) is 0.681. The summed E-state index contributed by atoms with van der Waals surface area (Å²) in [6.45, 7) is 0.479. The van der Waals surface area contributed by atoms with E-state index in [0.29, 0.717) is 11.8 Å². The SMILES string of the molecule is COCc1ncc(Cl)[nH]1. The summed E-state index contributed by atoms with van der Waals surface area (Å²) in [6, 6.07) is 0. The van der Waals surface area contributed by atoms with E-state index in [4.69, 9.17) is 16.3 Å². The first-order valence-corrected chi connectivity index (χ1v) is 2.89. The number of aromatic nitrogens is 2. The summed E-state index contributed by atoms with van der Waals surface area (Å²) in [5.41, 5.74) is 0. The van der Waals surface area contributed by atoms with E-state index in [1.165, 1.54) is 0 Å². The molecule has 0 aromatic carbocycles. The molecule has 0 fully saturated rings. The van der Waals surface area contributed by atoms with Crippen LogP contribution in [0.4, 0.5) is 0 Å². The predicted molar refractivity (Wildman–Crippen MR) is 34.3 cm³/mol. The molecule has 4 heteroatoms. The summed E-state index contributed by atoms with van der Waals surface area (Å²) in [7, 11) is 1.61. The number of aromatic amines is 1. The number of ether oxygens (including phenoxy) is 1. The summed E-state index contributed by atoms with van der Waals surface area (Å²) in [5, 5.41) is 0.544. The van der Waals surface area contributed by atoms with E-state index in [9.17, 15) is 0 Å². The second kappa shape index (κ2) is 2.85. The van der Waals surface area contributed by atoms with Crippen molar-refractivity contribution in [1.29, 1.82) is 0 Å². The lowest BCUT2D eigenvalue weighted by Gasteiger charge is -1.89. The number of halogens is 1. The molecule has 0 spiro atoms. The van der Waals surface area contributed by atoms with Crippen molar-refractivity contribution >= 4 is 11.6 Å². The first kappa shape index (κ1) is 6.58. The zero-order valence-corrected chi connectivity index (χ0v) is 5.77. The average molecular weight is 147 g/mol. The van der Waals surface area contributed by atoms with Crippen LogP contribution >= 0.6 is 11.6 Å². The number of nitrogens with one attached hydrogen (secondary N) is 1. The van der Waals surface area contributed by atoms with Crippen LogP contribution in [0.5, 0.6) is 0 Å². The Morgan fingerprint density at radius 1 is 1.89 bits per heavy atom. The van der Waals surface area contributed by atoms with Gasteiger partial charge in [0.2, 0.25) is 0 Å². The van der Waals surface area contributed by atoms with Crippen molar-refractivity contribution in [3.05, 3.63) is 17.2 Å². The highest BCUT2D eigenvalue weighted by Crippen LogP contribution is 2.03. The first-order valence-electron chi connectivity index (χ1n) is 2.51. The van der Waals surface area contributed by atoms with Crippen molar-refractivity contribution in [1.82, 2.24) is 9.97 Å². The molecular formula is C5H7ClN2O. The van der Waals surface area contributed by atoms with Gasteiger partial charge in [0.1, 0.15) is 17.6 Å². The molecule has 3 nitrogen and oxygen atoms in total. The second-order valence-electron chi connectivity index (χ2n) is 1.61. The Morgan fingerprint density at radius 2 is 2.67 bits per heavy atom. The molecule has 1 aromatic rings. The van der Waals surface area contributed by atoms with Crippen LogP contribution in [0.2, 0.25) is 5.15 Å². The molecule has 0 radical (unpaired) electrons. The summed E-state index contributed by atoms with van der Waals surface area (Å²) in [6.07, 6.45) is 1.55. The third-order valence-corrected chi connectivity index (χ3v) is 1.07. The van der Waals surface area contributed by atoms with E-state index in [-0.39, 0.29) is 0 Å². The Bertz CT molecular complexity index is 187. The highest BCUT2D eigenvalue weighted by atomic mass is 35.5. The van der Waals surface area contributed by atoms with Crippen LogP contribution in [0, 0.1) is 0 Å². The highest BCUT2D eigenvalue weighted by molar-refractivity contribution is 6.29. The monoisotopic (exact) mass is 146 g/mol. The van der Waals surface area contributed by atoms with Crippen LogP contribution in [0.3, 0.4) is 0 Å². The molecule has 0 atom stereocenters. The van der Waals surface area contributed by atoms with Gasteiger partial charge in [0, 0.05) is 7.11 Å². The fourth-order valence-corrected chi connectivity index (χ4v) is 0.705. The van der Waals surface area contributed by atoms with Crippen LogP contribution in [-0.2, 0) is 11.3 Å². The van der Waals surface area contributed by atoms with E-state index in [2.05, 4.69) is 9.97 Å². The topological polar surface area (TPSA) is 37.9 Å². The van der Waals surface area contributed by atoms with Crippen LogP contribution in [0.25, 0.3) is 0 Å². The first-order chi connectivity index (χ1) is 4.33. The van der Waals surface area contributed by atoms with E-state index >= 15 is 0 Å². The minimum absolute atomic E-state index is 0.479. The molecule has 0 amide bonds. The number of hydrogen-bond acceptors (Lipinski definition) is 2. The highest BCUT2D eigenvalue weighted by Gasteiger charge is 1.94. The van der Waals surface area contributed by atoms with Crippen molar-refractivity contribution in [2.45, 2.75) is 6.61 Å². The third kappa shape index (κ3) is 1.69. The van der Waals surface area contributed by atoms with Crippen LogP contribution in [0.1, 0.15) is 5.82 Å². The van der Waals surface area contributed by atoms with Crippen LogP contribution in [-0.4, -0.2) is 17.1 Å². The number of imidazole rings is 1. The Hall–Kier alpha value is -0.540. The van der Waals surface area contributed by atoms with Gasteiger partial charge < -0.3 is 9.72 Å². The molecule has 0 unspecified atom stereocenters. The Kier molecular flexibility index (Phi) is 2.08. The normalized spacial score (nSPS) is 10.0. The lowest BCUT2D eigenvalue weighted by atomic mass is 10.7. The molecule has 1 heterocycles. The molecule has 50 valence electrons. The van der Waals surface area contributed by atoms with Gasteiger partial charge in [-0.3, -0.25) is 0 Å². The maximum Gasteiger partial charge on any atom is 0.133 e. The fraction of sp³-hybridized carbons (Fsp3) is 0.400. The summed E-state index contributed by atoms with van der Waals surface area (Å²) in [4.78, 5) is 6.70. The zero-order valence-electron chi connectivity index (χ0n) is 5.02. The van der Waals surface area contributed by atoms with Gasteiger partial charge >= 0.3 is 0 Å². The maximum absolute atomic E-state index is 5.52. The molecule has 0 saturated heterocycles. The van der Waals surface area contributed by atoms with E-state index < -0.39 is 0 Å². The van der Waals surface area contributed by atoms with E-state index in [1.54, 1.807) is 13.3 Å². The van der Waals surface area contributed by atoms with Gasteiger partial charge in [-0.2, -0.15) is 0 Å². The van der Waals surface area contributed by atoms with Crippen molar-refractivity contribution in [3.8, 4) is 0 Å². The van der Waals surface area contributed by atoms with Gasteiger partial charge in [-0.05, 0) is 0 Å². The van der Waals surface area contributed by atoms with Crippen molar-refractivity contribution < 1.29 is 4.74 Å². The molecule has 0 aliphatic carbocycles. The molecule has 1 rings (SSSR count). The molecule has 0 aliphatic rings. The van der Waals surface area contributed by atoms with Gasteiger partial charge in [0.25, 0.3) is 0 Å². The molecule has 1 aromatic heterocycles. The average Bonchev–Trinajstić information content (AvgIpc) is 2.17. The molecular weight excluding hydrogens is 140 g/mol. The second-order valence-corrected chi connectivity index (χ2v) is 2.02. The van der Waals surface area contributed by atoms with Crippen molar-refractivity contribution in [2.24, 2.45) is 0 Å². The number of hydrogen-bond donors (Lipinski definition) is 1. The summed E-state index contributed by atoms with van der Waals surface area (Å²) < 4.78 is 4.79. The molecule has 0 aliphatic heterocycles. The number of H-pyrrole nitrogens is 1. The smallest absolute Gasteiger partial charge is 0.133 e. The maximum atomic E-state index is 5.52. The molecule has 9 heavy (non-hydrogen) atoms. The summed E-state index contributed by atoms with van der Waals surface area (Å²) in [5.74, 6) is 0.752. The van der Waals surface area contributed by atoms with Crippen LogP contribution < -0.4 is 0 Å². The Labute approximate surface area is 58.0 Å². The predicted octanol–water partition coefficient (Wildman–Crippen LogP) is 1.21. The Balaban J connectivity index is 2.61. The number of methoxy groups -OCH3 is 1. The van der Waals surface area contributed by atoms with Gasteiger partial charge in [-0.25, -0.2) is 4.98 Å². The van der Waals surface area contributed by atoms with E-state index in [0.717, 1.165) is 5.82 Å². The number of rotatable bonds is 2. The minimum atomic E-state index is 0.479. The fourth-order valence-electron chi connectivity index (χ4n) is 0.547. The van der Waals surface area contributed by atoms with Crippen molar-refractivity contribution in [2.75, 3.05) is 7.11 Å².